The highest BCUT2D eigenvalue weighted by Gasteiger charge is 2.16. The Morgan fingerprint density at radius 3 is 1.75 bits per heavy atom. The number of carboxylic acids is 2. The van der Waals surface area contributed by atoms with E-state index in [1.807, 2.05) is 0 Å². The third-order valence-corrected chi connectivity index (χ3v) is 1.19. The van der Waals surface area contributed by atoms with Crippen molar-refractivity contribution in [3.05, 3.63) is 12.2 Å². The topological polar surface area (TPSA) is 158 Å². The number of carbonyl (C=O) groups excluding carboxylic acids is 1. The van der Waals surface area contributed by atoms with E-state index in [2.05, 4.69) is 12.3 Å². The van der Waals surface area contributed by atoms with E-state index in [1.54, 1.807) is 0 Å². The fourth-order valence-corrected chi connectivity index (χ4v) is 0.331. The number of amides is 1. The number of hydrogen-bond donors (Lipinski definition) is 5. The van der Waals surface area contributed by atoms with Crippen molar-refractivity contribution in [1.82, 2.24) is 0 Å². The number of aliphatic hydroxyl groups is 2. The van der Waals surface area contributed by atoms with Crippen molar-refractivity contribution in [3.63, 3.8) is 0 Å². The van der Waals surface area contributed by atoms with Crippen molar-refractivity contribution in [2.45, 2.75) is 12.5 Å². The van der Waals surface area contributed by atoms with Gasteiger partial charge in [-0.25, -0.2) is 4.79 Å². The van der Waals surface area contributed by atoms with Crippen LogP contribution in [0.2, 0.25) is 0 Å². The minimum absolute atomic E-state index is 0.0417. The zero-order valence-electron chi connectivity index (χ0n) is 8.29. The normalized spacial score (nSPS) is 10.6. The van der Waals surface area contributed by atoms with Crippen LogP contribution in [0.4, 0.5) is 0 Å². The van der Waals surface area contributed by atoms with E-state index in [9.17, 15) is 14.4 Å². The third-order valence-electron chi connectivity index (χ3n) is 1.19. The Bertz CT molecular complexity index is 286. The summed E-state index contributed by atoms with van der Waals surface area (Å²) < 4.78 is 0. The van der Waals surface area contributed by atoms with Gasteiger partial charge in [0.1, 0.15) is 0 Å². The maximum absolute atomic E-state index is 9.89. The summed E-state index contributed by atoms with van der Waals surface area (Å²) in [5, 5.41) is 32.2. The molecule has 0 spiro atoms. The molecule has 0 fully saturated rings. The van der Waals surface area contributed by atoms with Gasteiger partial charge in [-0.2, -0.15) is 0 Å². The molecule has 16 heavy (non-hydrogen) atoms. The Morgan fingerprint density at radius 2 is 1.69 bits per heavy atom. The summed E-state index contributed by atoms with van der Waals surface area (Å²) >= 11 is 0. The van der Waals surface area contributed by atoms with Crippen LogP contribution < -0.4 is 5.73 Å². The number of aliphatic hydroxyl groups excluding tert-OH is 2. The summed E-state index contributed by atoms with van der Waals surface area (Å²) in [5.74, 6) is -3.50. The molecule has 1 amide bonds. The van der Waals surface area contributed by atoms with E-state index in [0.29, 0.717) is 0 Å². The molecule has 0 aliphatic heterocycles. The standard InChI is InChI=1S/C4H7NO2.C4H6O5/c1-3(2-6)4(5)7;5-2(4(8)9)1-3(6)7/h6H,1-2H2,(H2,5,7);2,5H,1H2,(H,6,7)(H,8,9). The molecule has 0 aliphatic rings. The molecule has 1 unspecified atom stereocenters. The van der Waals surface area contributed by atoms with Gasteiger partial charge < -0.3 is 26.2 Å². The van der Waals surface area contributed by atoms with E-state index >= 15 is 0 Å². The molecule has 8 nitrogen and oxygen atoms in total. The molecule has 0 heterocycles. The largest absolute Gasteiger partial charge is 0.481 e. The van der Waals surface area contributed by atoms with Crippen LogP contribution in [0.25, 0.3) is 0 Å². The highest BCUT2D eigenvalue weighted by Crippen LogP contribution is 1.89. The van der Waals surface area contributed by atoms with E-state index in [0.717, 1.165) is 0 Å². The second kappa shape index (κ2) is 8.38. The summed E-state index contributed by atoms with van der Waals surface area (Å²) in [6.45, 7) is 2.80. The lowest BCUT2D eigenvalue weighted by molar-refractivity contribution is -0.152. The lowest BCUT2D eigenvalue weighted by atomic mass is 10.3. The van der Waals surface area contributed by atoms with Crippen LogP contribution in [0.5, 0.6) is 0 Å². The zero-order chi connectivity index (χ0) is 13.3. The van der Waals surface area contributed by atoms with Crippen molar-refractivity contribution in [2.24, 2.45) is 5.73 Å². The van der Waals surface area contributed by atoms with E-state index in [4.69, 9.17) is 20.4 Å². The van der Waals surface area contributed by atoms with E-state index in [1.165, 1.54) is 0 Å². The van der Waals surface area contributed by atoms with Crippen LogP contribution in [-0.2, 0) is 14.4 Å². The van der Waals surface area contributed by atoms with Crippen molar-refractivity contribution >= 4 is 17.8 Å². The molecule has 0 radical (unpaired) electrons. The molecule has 6 N–H and O–H groups in total. The summed E-state index contributed by atoms with van der Waals surface area (Å²) in [6, 6.07) is 0. The monoisotopic (exact) mass is 235 g/mol. The SMILES string of the molecule is C=C(CO)C(N)=O.O=C(O)CC(O)C(=O)O. The summed E-state index contributed by atoms with van der Waals surface area (Å²) in [6.07, 6.45) is -2.54. The number of aliphatic carboxylic acids is 2. The number of carboxylic acid groups (broad SMARTS) is 2. The van der Waals surface area contributed by atoms with Crippen LogP contribution in [0.1, 0.15) is 6.42 Å². The van der Waals surface area contributed by atoms with Gasteiger partial charge in [-0.1, -0.05) is 6.58 Å². The van der Waals surface area contributed by atoms with Gasteiger partial charge in [0.15, 0.2) is 6.10 Å². The fraction of sp³-hybridized carbons (Fsp3) is 0.375. The first-order valence-corrected chi connectivity index (χ1v) is 3.93. The van der Waals surface area contributed by atoms with Crippen molar-refractivity contribution in [1.29, 1.82) is 0 Å². The molecule has 0 bridgehead atoms. The fourth-order valence-electron chi connectivity index (χ4n) is 0.331. The van der Waals surface area contributed by atoms with Gasteiger partial charge in [0.25, 0.3) is 0 Å². The molecule has 8 heteroatoms. The molecule has 0 aliphatic carbocycles. The van der Waals surface area contributed by atoms with Gasteiger partial charge in [-0.3, -0.25) is 9.59 Å². The first-order chi connectivity index (χ1) is 7.22. The highest BCUT2D eigenvalue weighted by atomic mass is 16.4. The Kier molecular flexibility index (Phi) is 8.65. The van der Waals surface area contributed by atoms with E-state index in [-0.39, 0.29) is 12.2 Å². The van der Waals surface area contributed by atoms with Gasteiger partial charge in [0.2, 0.25) is 5.91 Å². The van der Waals surface area contributed by atoms with Crippen LogP contribution in [0.15, 0.2) is 12.2 Å². The molecule has 92 valence electrons. The predicted molar refractivity (Wildman–Crippen MR) is 51.3 cm³/mol. The van der Waals surface area contributed by atoms with Gasteiger partial charge >= 0.3 is 11.9 Å². The molecule has 0 rings (SSSR count). The predicted octanol–water partition coefficient (Wildman–Crippen LogP) is -2.07. The second-order valence-corrected chi connectivity index (χ2v) is 2.58. The van der Waals surface area contributed by atoms with E-state index < -0.39 is 30.4 Å². The lowest BCUT2D eigenvalue weighted by Crippen LogP contribution is -2.22. The Morgan fingerprint density at radius 1 is 1.25 bits per heavy atom. The quantitative estimate of drug-likeness (QED) is 0.342. The van der Waals surface area contributed by atoms with Crippen molar-refractivity contribution in [2.75, 3.05) is 6.61 Å². The molecular weight excluding hydrogens is 222 g/mol. The highest BCUT2D eigenvalue weighted by molar-refractivity contribution is 5.91. The molecule has 0 aromatic rings. The van der Waals surface area contributed by atoms with Gasteiger partial charge in [0, 0.05) is 5.57 Å². The molecule has 0 aromatic heterocycles. The minimum atomic E-state index is -1.79. The molecule has 0 saturated heterocycles. The number of nitrogens with two attached hydrogens (primary N) is 1. The minimum Gasteiger partial charge on any atom is -0.481 e. The van der Waals surface area contributed by atoms with Gasteiger partial charge in [-0.15, -0.1) is 0 Å². The van der Waals surface area contributed by atoms with Crippen molar-refractivity contribution < 1.29 is 34.8 Å². The van der Waals surface area contributed by atoms with Crippen LogP contribution in [-0.4, -0.2) is 51.0 Å². The Hall–Kier alpha value is -1.93. The molecule has 1 atom stereocenters. The summed E-state index contributed by atoms with van der Waals surface area (Å²) in [4.78, 5) is 29.3. The number of primary amides is 1. The third kappa shape index (κ3) is 10.2. The number of rotatable bonds is 5. The van der Waals surface area contributed by atoms with Crippen LogP contribution in [0.3, 0.4) is 0 Å². The van der Waals surface area contributed by atoms with Crippen LogP contribution >= 0.6 is 0 Å². The Balaban J connectivity index is 0. The van der Waals surface area contributed by atoms with Crippen LogP contribution in [0, 0.1) is 0 Å². The van der Waals surface area contributed by atoms with Gasteiger partial charge in [-0.05, 0) is 0 Å². The summed E-state index contributed by atoms with van der Waals surface area (Å²) in [7, 11) is 0. The number of hydrogen-bond acceptors (Lipinski definition) is 5. The van der Waals surface area contributed by atoms with Gasteiger partial charge in [0.05, 0.1) is 13.0 Å². The smallest absolute Gasteiger partial charge is 0.333 e. The van der Waals surface area contributed by atoms with Crippen molar-refractivity contribution in [3.8, 4) is 0 Å². The Labute approximate surface area is 90.6 Å². The lowest BCUT2D eigenvalue weighted by Gasteiger charge is -1.97. The average Bonchev–Trinajstić information content (AvgIpc) is 2.16. The maximum atomic E-state index is 9.89. The maximum Gasteiger partial charge on any atom is 0.333 e. The molecular formula is C8H13NO7. The number of carbonyl (C=O) groups is 3. The molecule has 0 aromatic carbocycles. The average molecular weight is 235 g/mol. The first-order valence-electron chi connectivity index (χ1n) is 3.93. The second-order valence-electron chi connectivity index (χ2n) is 2.58. The first kappa shape index (κ1) is 16.5. The summed E-state index contributed by atoms with van der Waals surface area (Å²) in [5.41, 5.74) is 4.69. The zero-order valence-corrected chi connectivity index (χ0v) is 8.29. The molecule has 0 saturated carbocycles.